The summed E-state index contributed by atoms with van der Waals surface area (Å²) in [5.74, 6) is -2.57. The summed E-state index contributed by atoms with van der Waals surface area (Å²) >= 11 is 0. The number of alkyl halides is 3. The van der Waals surface area contributed by atoms with E-state index in [0.717, 1.165) is 30.5 Å². The molecule has 1 aliphatic heterocycles. The van der Waals surface area contributed by atoms with Crippen LogP contribution in [0.2, 0.25) is 0 Å². The lowest BCUT2D eigenvalue weighted by molar-refractivity contribution is -0.189. The predicted octanol–water partition coefficient (Wildman–Crippen LogP) is 2.13. The van der Waals surface area contributed by atoms with Gasteiger partial charge in [0.05, 0.1) is 5.52 Å². The molecule has 0 unspecified atom stereocenters. The third-order valence-electron chi connectivity index (χ3n) is 4.98. The first kappa shape index (κ1) is 20.1. The lowest BCUT2D eigenvalue weighted by Gasteiger charge is -2.18. The molecule has 0 atom stereocenters. The molecule has 0 bridgehead atoms. The maximum atomic E-state index is 13.0. The van der Waals surface area contributed by atoms with E-state index in [-0.39, 0.29) is 29.4 Å². The van der Waals surface area contributed by atoms with Crippen molar-refractivity contribution in [2.45, 2.75) is 38.4 Å². The van der Waals surface area contributed by atoms with E-state index in [0.29, 0.717) is 5.89 Å². The van der Waals surface area contributed by atoms with Crippen molar-refractivity contribution in [2.24, 2.45) is 0 Å². The summed E-state index contributed by atoms with van der Waals surface area (Å²) in [7, 11) is 0. The molecule has 12 heteroatoms. The highest BCUT2D eigenvalue weighted by Gasteiger charge is 2.42. The van der Waals surface area contributed by atoms with E-state index < -0.39 is 23.6 Å². The Morgan fingerprint density at radius 3 is 2.73 bits per heavy atom. The Hall–Kier alpha value is -3.15. The molecule has 0 radical (unpaired) electrons. The molecule has 3 aromatic rings. The highest BCUT2D eigenvalue weighted by molar-refractivity contribution is 5.88. The number of aryl methyl sites for hydroxylation is 1. The summed E-state index contributed by atoms with van der Waals surface area (Å²) in [6, 6.07) is 4.11. The van der Waals surface area contributed by atoms with Crippen LogP contribution >= 0.6 is 0 Å². The van der Waals surface area contributed by atoms with Gasteiger partial charge in [0.25, 0.3) is 5.95 Å². The minimum atomic E-state index is -5.19. The van der Waals surface area contributed by atoms with Crippen molar-refractivity contribution < 1.29 is 27.2 Å². The Morgan fingerprint density at radius 2 is 2.07 bits per heavy atom. The second kappa shape index (κ2) is 7.59. The van der Waals surface area contributed by atoms with Crippen LogP contribution in [0.3, 0.4) is 0 Å². The van der Waals surface area contributed by atoms with Crippen LogP contribution in [0.5, 0.6) is 5.75 Å². The number of carbonyl (C=O) groups excluding carboxylic acids is 1. The number of rotatable bonds is 4. The van der Waals surface area contributed by atoms with E-state index >= 15 is 0 Å². The summed E-state index contributed by atoms with van der Waals surface area (Å²) in [6.07, 6.45) is -3.63. The van der Waals surface area contributed by atoms with Gasteiger partial charge in [0.2, 0.25) is 5.89 Å². The molecule has 0 saturated carbocycles. The minimum absolute atomic E-state index is 0.0188. The molecule has 3 heterocycles. The third-order valence-corrected chi connectivity index (χ3v) is 4.98. The van der Waals surface area contributed by atoms with Gasteiger partial charge in [-0.2, -0.15) is 18.2 Å². The van der Waals surface area contributed by atoms with Gasteiger partial charge in [0.15, 0.2) is 5.75 Å². The molecule has 2 aromatic heterocycles. The van der Waals surface area contributed by atoms with Gasteiger partial charge in [-0.25, -0.2) is 14.2 Å². The molecule has 1 N–H and O–H groups in total. The lowest BCUT2D eigenvalue weighted by atomic mass is 9.98. The number of nitrogens with one attached hydrogen (secondary N) is 1. The van der Waals surface area contributed by atoms with Gasteiger partial charge in [-0.3, -0.25) is 4.57 Å². The van der Waals surface area contributed by atoms with E-state index in [1.54, 1.807) is 6.92 Å². The molecule has 30 heavy (non-hydrogen) atoms. The molecular formula is C18H18F3N5O4. The van der Waals surface area contributed by atoms with Gasteiger partial charge in [0.1, 0.15) is 5.52 Å². The van der Waals surface area contributed by atoms with Crippen molar-refractivity contribution in [1.82, 2.24) is 24.6 Å². The van der Waals surface area contributed by atoms with Crippen LogP contribution in [-0.4, -0.2) is 44.5 Å². The molecule has 1 aromatic carbocycles. The standard InChI is InChI=1S/C18H18F3N5O4/c1-2-25-11-4-3-5-12(29-15(27)18(19,20)21)13(11)26(17(25)28)16-23-14(30-24-16)10-6-8-22-9-7-10/h3-5,10,22H,2,6-9H2,1H3. The van der Waals surface area contributed by atoms with Gasteiger partial charge >= 0.3 is 17.8 Å². The molecule has 0 aliphatic carbocycles. The molecule has 1 fully saturated rings. The van der Waals surface area contributed by atoms with E-state index in [1.807, 2.05) is 0 Å². The Kier molecular flexibility index (Phi) is 5.10. The molecule has 9 nitrogen and oxygen atoms in total. The van der Waals surface area contributed by atoms with Gasteiger partial charge < -0.3 is 14.6 Å². The fourth-order valence-electron chi connectivity index (χ4n) is 3.56. The number of hydrogen-bond donors (Lipinski definition) is 1. The number of imidazole rings is 1. The number of nitrogens with zero attached hydrogens (tertiary/aromatic N) is 4. The molecule has 4 rings (SSSR count). The number of halogens is 3. The Balaban J connectivity index is 1.85. The Labute approximate surface area is 167 Å². The zero-order valence-electron chi connectivity index (χ0n) is 15.9. The first-order chi connectivity index (χ1) is 14.3. The van der Waals surface area contributed by atoms with Crippen LogP contribution in [0, 0.1) is 0 Å². The quantitative estimate of drug-likeness (QED) is 0.504. The Morgan fingerprint density at radius 1 is 1.33 bits per heavy atom. The van der Waals surface area contributed by atoms with Crippen molar-refractivity contribution in [1.29, 1.82) is 0 Å². The second-order valence-corrected chi connectivity index (χ2v) is 6.83. The number of fused-ring (bicyclic) bond motifs is 1. The van der Waals surface area contributed by atoms with Crippen molar-refractivity contribution in [3.8, 4) is 11.7 Å². The van der Waals surface area contributed by atoms with E-state index in [9.17, 15) is 22.8 Å². The number of esters is 1. The molecule has 1 saturated heterocycles. The van der Waals surface area contributed by atoms with Gasteiger partial charge in [-0.05, 0) is 50.1 Å². The van der Waals surface area contributed by atoms with Gasteiger partial charge in [0, 0.05) is 12.5 Å². The summed E-state index contributed by atoms with van der Waals surface area (Å²) in [4.78, 5) is 28.7. The van der Waals surface area contributed by atoms with Crippen LogP contribution in [0.1, 0.15) is 31.6 Å². The van der Waals surface area contributed by atoms with Crippen molar-refractivity contribution in [2.75, 3.05) is 13.1 Å². The fraction of sp³-hybridized carbons (Fsp3) is 0.444. The maximum Gasteiger partial charge on any atom is 0.491 e. The highest BCUT2D eigenvalue weighted by Crippen LogP contribution is 2.30. The maximum absolute atomic E-state index is 13.0. The number of hydrogen-bond acceptors (Lipinski definition) is 7. The number of para-hydroxylation sites is 1. The largest absolute Gasteiger partial charge is 0.491 e. The van der Waals surface area contributed by atoms with Crippen molar-refractivity contribution in [3.05, 3.63) is 34.6 Å². The topological polar surface area (TPSA) is 104 Å². The second-order valence-electron chi connectivity index (χ2n) is 6.83. The van der Waals surface area contributed by atoms with Crippen LogP contribution in [0.25, 0.3) is 17.0 Å². The van der Waals surface area contributed by atoms with Crippen LogP contribution < -0.4 is 15.7 Å². The third kappa shape index (κ3) is 3.47. The molecular weight excluding hydrogens is 407 g/mol. The number of benzene rings is 1. The molecule has 0 spiro atoms. The van der Waals surface area contributed by atoms with Crippen LogP contribution in [0.15, 0.2) is 27.5 Å². The molecule has 0 amide bonds. The van der Waals surface area contributed by atoms with Gasteiger partial charge in [-0.15, -0.1) is 0 Å². The summed E-state index contributed by atoms with van der Waals surface area (Å²) in [5, 5.41) is 7.09. The van der Waals surface area contributed by atoms with E-state index in [1.165, 1.54) is 22.8 Å². The smallest absolute Gasteiger partial charge is 0.418 e. The zero-order valence-corrected chi connectivity index (χ0v) is 15.9. The number of aromatic nitrogens is 4. The van der Waals surface area contributed by atoms with E-state index in [4.69, 9.17) is 4.52 Å². The first-order valence-electron chi connectivity index (χ1n) is 9.39. The summed E-state index contributed by atoms with van der Waals surface area (Å²) in [5.41, 5.74) is -0.344. The normalized spacial score (nSPS) is 15.6. The fourth-order valence-corrected chi connectivity index (χ4v) is 3.56. The van der Waals surface area contributed by atoms with Crippen molar-refractivity contribution >= 4 is 17.0 Å². The van der Waals surface area contributed by atoms with E-state index in [2.05, 4.69) is 20.2 Å². The predicted molar refractivity (Wildman–Crippen MR) is 97.6 cm³/mol. The highest BCUT2D eigenvalue weighted by atomic mass is 19.4. The molecule has 160 valence electrons. The monoisotopic (exact) mass is 425 g/mol. The minimum Gasteiger partial charge on any atom is -0.418 e. The van der Waals surface area contributed by atoms with Crippen LogP contribution in [-0.2, 0) is 11.3 Å². The number of piperidine rings is 1. The number of carbonyl (C=O) groups is 1. The summed E-state index contributed by atoms with van der Waals surface area (Å²) < 4.78 is 50.4. The molecule has 1 aliphatic rings. The van der Waals surface area contributed by atoms with Crippen LogP contribution in [0.4, 0.5) is 13.2 Å². The number of ether oxygens (including phenoxy) is 1. The summed E-state index contributed by atoms with van der Waals surface area (Å²) in [6.45, 7) is 3.51. The Bertz CT molecular complexity index is 1140. The SMILES string of the molecule is CCn1c(=O)n(-c2noc(C3CCNCC3)n2)c2c(OC(=O)C(F)(F)F)cccc21. The first-order valence-corrected chi connectivity index (χ1v) is 9.39. The zero-order chi connectivity index (χ0) is 21.5. The van der Waals surface area contributed by atoms with Crippen molar-refractivity contribution in [3.63, 3.8) is 0 Å². The average Bonchev–Trinajstić information content (AvgIpc) is 3.30. The van der Waals surface area contributed by atoms with Gasteiger partial charge in [-0.1, -0.05) is 6.07 Å². The average molecular weight is 425 g/mol. The lowest BCUT2D eigenvalue weighted by Crippen LogP contribution is -2.28.